The summed E-state index contributed by atoms with van der Waals surface area (Å²) >= 11 is 0. The van der Waals surface area contributed by atoms with Crippen molar-refractivity contribution in [3.63, 3.8) is 0 Å². The van der Waals surface area contributed by atoms with Crippen molar-refractivity contribution in [2.75, 3.05) is 18.7 Å². The van der Waals surface area contributed by atoms with Crippen LogP contribution >= 0.6 is 0 Å². The number of fused-ring (bicyclic) bond motifs is 1. The second-order valence-electron chi connectivity index (χ2n) is 5.68. The van der Waals surface area contributed by atoms with E-state index in [0.29, 0.717) is 12.3 Å². The molecule has 0 aliphatic rings. The van der Waals surface area contributed by atoms with Crippen LogP contribution in [0.25, 0.3) is 11.0 Å². The monoisotopic (exact) mass is 369 g/mol. The normalized spacial score (nSPS) is 11.1. The van der Waals surface area contributed by atoms with Gasteiger partial charge in [-0.3, -0.25) is 0 Å². The molecule has 0 aliphatic carbocycles. The maximum atomic E-state index is 8.95. The molecule has 0 atom stereocenters. The van der Waals surface area contributed by atoms with Crippen LogP contribution in [0, 0.1) is 0 Å². The maximum Gasteiger partial charge on any atom is 0.707 e. The molecule has 0 aliphatic heterocycles. The average Bonchev–Trinajstić information content (AvgIpc) is 3.04. The minimum absolute atomic E-state index is 0.221. The molecule has 0 amide bonds. The number of rotatable bonds is 7. The molecule has 2 heterocycles. The Morgan fingerprint density at radius 3 is 2.78 bits per heavy atom. The summed E-state index contributed by atoms with van der Waals surface area (Å²) in [4.78, 5) is 8.67. The summed E-state index contributed by atoms with van der Waals surface area (Å²) in [5, 5.41) is 25.1. The van der Waals surface area contributed by atoms with Crippen LogP contribution in [0.2, 0.25) is 0 Å². The highest BCUT2D eigenvalue weighted by atomic mass is 16.6. The predicted octanol–water partition coefficient (Wildman–Crippen LogP) is 1.19. The molecule has 9 nitrogen and oxygen atoms in total. The second-order valence-corrected chi connectivity index (χ2v) is 5.68. The number of hydrogen-bond donors (Lipinski definition) is 2. The molecular formula is C17H20BN5O4. The highest BCUT2D eigenvalue weighted by molar-refractivity contribution is 6.33. The van der Waals surface area contributed by atoms with Gasteiger partial charge in [-0.15, -0.1) is 0 Å². The van der Waals surface area contributed by atoms with Crippen molar-refractivity contribution in [1.82, 2.24) is 14.5 Å². The SMILES string of the molecule is CCN(/N=C/c1ccc(OB(O)O)c(OC)c1)c1ncnc2c1ccn2C. The zero-order chi connectivity index (χ0) is 19.4. The molecule has 0 bridgehead atoms. The Balaban J connectivity index is 1.89. The van der Waals surface area contributed by atoms with Crippen LogP contribution in [0.5, 0.6) is 11.5 Å². The summed E-state index contributed by atoms with van der Waals surface area (Å²) in [7, 11) is 1.48. The fourth-order valence-corrected chi connectivity index (χ4v) is 2.67. The van der Waals surface area contributed by atoms with Gasteiger partial charge in [0.25, 0.3) is 0 Å². The van der Waals surface area contributed by atoms with Gasteiger partial charge in [-0.2, -0.15) is 5.10 Å². The first-order valence-electron chi connectivity index (χ1n) is 8.32. The van der Waals surface area contributed by atoms with E-state index in [9.17, 15) is 0 Å². The van der Waals surface area contributed by atoms with Crippen molar-refractivity contribution in [3.8, 4) is 11.5 Å². The van der Waals surface area contributed by atoms with Gasteiger partial charge >= 0.3 is 7.32 Å². The number of benzene rings is 1. The van der Waals surface area contributed by atoms with E-state index in [4.69, 9.17) is 19.4 Å². The van der Waals surface area contributed by atoms with Crippen LogP contribution in [-0.2, 0) is 7.05 Å². The van der Waals surface area contributed by atoms with Crippen LogP contribution in [-0.4, -0.2) is 51.8 Å². The van der Waals surface area contributed by atoms with Crippen molar-refractivity contribution >= 4 is 30.4 Å². The standard InChI is InChI=1S/C17H20BN5O4/c1-4-23(17-13-7-8-22(2)16(13)19-11-20-17)21-10-12-5-6-14(27-18(24)25)15(9-12)26-3/h5-11,24-25H,4H2,1-3H3/b21-10+. The van der Waals surface area contributed by atoms with Gasteiger partial charge in [0, 0.05) is 19.8 Å². The van der Waals surface area contributed by atoms with Gasteiger partial charge in [-0.05, 0) is 36.8 Å². The molecule has 3 aromatic rings. The molecule has 0 saturated carbocycles. The van der Waals surface area contributed by atoms with Crippen molar-refractivity contribution in [3.05, 3.63) is 42.4 Å². The molecule has 0 fully saturated rings. The van der Waals surface area contributed by atoms with E-state index in [-0.39, 0.29) is 5.75 Å². The smallest absolute Gasteiger partial charge is 0.509 e. The van der Waals surface area contributed by atoms with Crippen LogP contribution < -0.4 is 14.4 Å². The van der Waals surface area contributed by atoms with Crippen LogP contribution in [0.1, 0.15) is 12.5 Å². The largest absolute Gasteiger partial charge is 0.707 e. The molecule has 0 saturated heterocycles. The number of aromatic nitrogens is 3. The third-order valence-electron chi connectivity index (χ3n) is 3.95. The number of hydrazone groups is 1. The van der Waals surface area contributed by atoms with Gasteiger partial charge in [0.2, 0.25) is 0 Å². The second kappa shape index (κ2) is 8.06. The fraction of sp³-hybridized carbons (Fsp3) is 0.235. The quantitative estimate of drug-likeness (QED) is 0.366. The minimum atomic E-state index is -1.92. The van der Waals surface area contributed by atoms with Gasteiger partial charge in [-0.25, -0.2) is 15.0 Å². The zero-order valence-electron chi connectivity index (χ0n) is 15.3. The Kier molecular flexibility index (Phi) is 5.58. The van der Waals surface area contributed by atoms with Crippen molar-refractivity contribution in [2.24, 2.45) is 12.1 Å². The van der Waals surface area contributed by atoms with Crippen molar-refractivity contribution < 1.29 is 19.4 Å². The van der Waals surface area contributed by atoms with Gasteiger partial charge in [-0.1, -0.05) is 0 Å². The van der Waals surface area contributed by atoms with Gasteiger partial charge in [0.1, 0.15) is 17.7 Å². The van der Waals surface area contributed by atoms with Gasteiger partial charge in [0.15, 0.2) is 11.6 Å². The summed E-state index contributed by atoms with van der Waals surface area (Å²) in [6.45, 7) is 2.60. The van der Waals surface area contributed by atoms with E-state index < -0.39 is 7.32 Å². The Morgan fingerprint density at radius 2 is 2.07 bits per heavy atom. The van der Waals surface area contributed by atoms with E-state index in [1.54, 1.807) is 29.4 Å². The molecule has 2 N–H and O–H groups in total. The lowest BCUT2D eigenvalue weighted by Gasteiger charge is -2.16. The van der Waals surface area contributed by atoms with Crippen molar-refractivity contribution in [1.29, 1.82) is 0 Å². The molecule has 0 spiro atoms. The summed E-state index contributed by atoms with van der Waals surface area (Å²) in [6.07, 6.45) is 5.12. The molecule has 140 valence electrons. The lowest BCUT2D eigenvalue weighted by atomic mass is 10.2. The Bertz CT molecular complexity index is 960. The van der Waals surface area contributed by atoms with Crippen LogP contribution in [0.4, 0.5) is 5.82 Å². The first-order valence-corrected chi connectivity index (χ1v) is 8.32. The molecule has 10 heteroatoms. The summed E-state index contributed by atoms with van der Waals surface area (Å²) in [6, 6.07) is 6.96. The zero-order valence-corrected chi connectivity index (χ0v) is 15.3. The number of hydrogen-bond acceptors (Lipinski definition) is 8. The summed E-state index contributed by atoms with van der Waals surface area (Å²) in [5.41, 5.74) is 1.59. The lowest BCUT2D eigenvalue weighted by molar-refractivity contribution is 0.279. The van der Waals surface area contributed by atoms with E-state index in [1.165, 1.54) is 13.4 Å². The number of anilines is 1. The maximum absolute atomic E-state index is 8.95. The van der Waals surface area contributed by atoms with E-state index in [0.717, 1.165) is 22.4 Å². The minimum Gasteiger partial charge on any atom is -0.509 e. The third-order valence-corrected chi connectivity index (χ3v) is 3.95. The van der Waals surface area contributed by atoms with E-state index in [1.807, 2.05) is 30.8 Å². The lowest BCUT2D eigenvalue weighted by Crippen LogP contribution is -2.21. The number of methoxy groups -OCH3 is 1. The summed E-state index contributed by atoms with van der Waals surface area (Å²) in [5.74, 6) is 1.30. The Labute approximate surface area is 156 Å². The molecule has 0 unspecified atom stereocenters. The van der Waals surface area contributed by atoms with Gasteiger partial charge < -0.3 is 24.0 Å². The van der Waals surface area contributed by atoms with Crippen LogP contribution in [0.3, 0.4) is 0 Å². The molecule has 27 heavy (non-hydrogen) atoms. The Hall–Kier alpha value is -3.11. The summed E-state index contributed by atoms with van der Waals surface area (Å²) < 4.78 is 12.0. The first-order chi connectivity index (χ1) is 13.0. The number of aryl methyl sites for hydroxylation is 1. The molecular weight excluding hydrogens is 349 g/mol. The van der Waals surface area contributed by atoms with Crippen LogP contribution in [0.15, 0.2) is 41.9 Å². The molecule has 3 rings (SSSR count). The predicted molar refractivity (Wildman–Crippen MR) is 103 cm³/mol. The third kappa shape index (κ3) is 4.02. The number of ether oxygens (including phenoxy) is 1. The van der Waals surface area contributed by atoms with E-state index in [2.05, 4.69) is 15.1 Å². The fourth-order valence-electron chi connectivity index (χ4n) is 2.67. The molecule has 0 radical (unpaired) electrons. The van der Waals surface area contributed by atoms with Gasteiger partial charge in [0.05, 0.1) is 18.7 Å². The first kappa shape index (κ1) is 18.7. The van der Waals surface area contributed by atoms with E-state index >= 15 is 0 Å². The Morgan fingerprint density at radius 1 is 1.26 bits per heavy atom. The highest BCUT2D eigenvalue weighted by Crippen LogP contribution is 2.28. The topological polar surface area (TPSA) is 105 Å². The molecule has 1 aromatic carbocycles. The van der Waals surface area contributed by atoms with Crippen molar-refractivity contribution in [2.45, 2.75) is 6.92 Å². The average molecular weight is 369 g/mol. The highest BCUT2D eigenvalue weighted by Gasteiger charge is 2.15. The molecule has 2 aromatic heterocycles. The number of nitrogens with zero attached hydrogens (tertiary/aromatic N) is 5.